The third-order valence-electron chi connectivity index (χ3n) is 6.87. The van der Waals surface area contributed by atoms with Gasteiger partial charge in [0.1, 0.15) is 16.5 Å². The lowest BCUT2D eigenvalue weighted by atomic mass is 9.89. The number of halogens is 5. The molecule has 1 saturated heterocycles. The fraction of sp³-hybridized carbons (Fsp3) is 0.417. The molecule has 1 amide bonds. The number of benzene rings is 1. The van der Waals surface area contributed by atoms with Crippen molar-refractivity contribution in [2.24, 2.45) is 0 Å². The van der Waals surface area contributed by atoms with Crippen molar-refractivity contribution < 1.29 is 24.2 Å². The highest BCUT2D eigenvalue weighted by molar-refractivity contribution is 8.45. The molecule has 1 aromatic carbocycles. The lowest BCUT2D eigenvalue weighted by molar-refractivity contribution is -0.130. The minimum absolute atomic E-state index is 0.00736. The van der Waals surface area contributed by atoms with Crippen molar-refractivity contribution in [1.82, 2.24) is 19.4 Å². The zero-order valence-electron chi connectivity index (χ0n) is 20.8. The number of amides is 1. The van der Waals surface area contributed by atoms with Gasteiger partial charge in [-0.2, -0.15) is 0 Å². The number of nitrogens with one attached hydrogen (secondary N) is 1. The molecule has 3 aromatic rings. The van der Waals surface area contributed by atoms with E-state index in [4.69, 9.17) is 0 Å². The first-order chi connectivity index (χ1) is 16.9. The number of nitrogens with zero attached hydrogens (tertiary/aromatic N) is 4. The maximum absolute atomic E-state index is 13.3. The summed E-state index contributed by atoms with van der Waals surface area (Å²) in [6.45, 7) is 7.54. The van der Waals surface area contributed by atoms with Crippen LogP contribution >= 0.6 is 10.2 Å². The van der Waals surface area contributed by atoms with E-state index in [0.29, 0.717) is 54.8 Å². The summed E-state index contributed by atoms with van der Waals surface area (Å²) < 4.78 is 68.3. The molecule has 0 saturated carbocycles. The Morgan fingerprint density at radius 2 is 1.76 bits per heavy atom. The van der Waals surface area contributed by atoms with Crippen LogP contribution in [-0.4, -0.2) is 38.4 Å². The molecule has 0 bridgehead atoms. The van der Waals surface area contributed by atoms with Gasteiger partial charge in [-0.3, -0.25) is 9.59 Å². The van der Waals surface area contributed by atoms with Crippen LogP contribution in [0, 0.1) is 6.92 Å². The van der Waals surface area contributed by atoms with Crippen LogP contribution < -0.4 is 10.9 Å². The average Bonchev–Trinajstić information content (AvgIpc) is 2.77. The molecule has 1 atom stereocenters. The Kier molecular flexibility index (Phi) is 5.90. The molecule has 37 heavy (non-hydrogen) atoms. The fourth-order valence-corrected chi connectivity index (χ4v) is 5.30. The Bertz CT molecular complexity index is 1450. The highest BCUT2D eigenvalue weighted by Gasteiger charge is 2.65. The van der Waals surface area contributed by atoms with Crippen molar-refractivity contribution in [1.29, 1.82) is 0 Å². The summed E-state index contributed by atoms with van der Waals surface area (Å²) in [5.41, 5.74) is -0.533. The number of fused-ring (bicyclic) bond motifs is 1. The lowest BCUT2D eigenvalue weighted by Crippen LogP contribution is -2.48. The first-order valence-corrected chi connectivity index (χ1v) is 13.6. The second kappa shape index (κ2) is 8.14. The molecule has 13 heteroatoms. The van der Waals surface area contributed by atoms with Crippen molar-refractivity contribution in [3.8, 4) is 0 Å². The van der Waals surface area contributed by atoms with Crippen molar-refractivity contribution in [3.05, 3.63) is 58.3 Å². The first kappa shape index (κ1) is 26.8. The molecule has 202 valence electrons. The third kappa shape index (κ3) is 5.55. The number of rotatable bonds is 5. The minimum Gasteiger partial charge on any atom is -0.363 e. The van der Waals surface area contributed by atoms with Crippen LogP contribution in [0.15, 0.2) is 46.2 Å². The Morgan fingerprint density at radius 1 is 1.11 bits per heavy atom. The standard InChI is InChI=1S/C24H28F5N5O2S/c1-15(18-6-5-7-19(12-18)37(25,26,27,28)29)30-23-20-14-34(22(36)13-21(20)31-16(2)32-23)24(4)8-10-33(11-9-24)17(3)35/h5-7,12-15H,8-11H2,1-4H3,(H,30,31,32). The topological polar surface area (TPSA) is 80.1 Å². The number of aromatic nitrogens is 3. The van der Waals surface area contributed by atoms with E-state index in [2.05, 4.69) is 15.3 Å². The predicted octanol–water partition coefficient (Wildman–Crippen LogP) is 6.29. The predicted molar refractivity (Wildman–Crippen MR) is 134 cm³/mol. The molecular formula is C24H28F5N5O2S. The molecule has 7 nitrogen and oxygen atoms in total. The van der Waals surface area contributed by atoms with Crippen LogP contribution in [0.25, 0.3) is 10.9 Å². The zero-order valence-corrected chi connectivity index (χ0v) is 21.6. The summed E-state index contributed by atoms with van der Waals surface area (Å²) in [7, 11) is -9.84. The maximum Gasteiger partial charge on any atom is 0.310 e. The van der Waals surface area contributed by atoms with Crippen LogP contribution in [0.4, 0.5) is 25.2 Å². The molecule has 0 radical (unpaired) electrons. The normalized spacial score (nSPS) is 18.7. The SMILES string of the molecule is CC(=O)N1CCC(C)(n2cc3c(NC(C)c4cccc(S(F)(F)(F)(F)F)c4)nc(C)nc3cc2=O)CC1. The Morgan fingerprint density at radius 3 is 2.35 bits per heavy atom. The number of carbonyl (C=O) groups is 1. The van der Waals surface area contributed by atoms with Crippen molar-refractivity contribution in [2.45, 2.75) is 57.0 Å². The number of likely N-dealkylation sites (tertiary alicyclic amines) is 1. The average molecular weight is 546 g/mol. The van der Waals surface area contributed by atoms with Gasteiger partial charge < -0.3 is 14.8 Å². The number of piperidine rings is 1. The largest absolute Gasteiger partial charge is 0.363 e. The fourth-order valence-electron chi connectivity index (χ4n) is 4.61. The maximum atomic E-state index is 13.3. The smallest absolute Gasteiger partial charge is 0.310 e. The summed E-state index contributed by atoms with van der Waals surface area (Å²) in [6.07, 6.45) is 2.71. The molecule has 0 aliphatic carbocycles. The summed E-state index contributed by atoms with van der Waals surface area (Å²) in [4.78, 5) is 33.2. The summed E-state index contributed by atoms with van der Waals surface area (Å²) >= 11 is 0. The molecule has 2 aromatic heterocycles. The number of pyridine rings is 1. The molecule has 3 heterocycles. The number of carbonyl (C=O) groups excluding carboxylic acids is 1. The van der Waals surface area contributed by atoms with Crippen molar-refractivity contribution in [2.75, 3.05) is 18.4 Å². The minimum atomic E-state index is -9.84. The summed E-state index contributed by atoms with van der Waals surface area (Å²) in [5, 5.41) is 3.47. The van der Waals surface area contributed by atoms with E-state index in [-0.39, 0.29) is 22.8 Å². The second-order valence-corrected chi connectivity index (χ2v) is 12.2. The Labute approximate surface area is 210 Å². The highest BCUT2D eigenvalue weighted by Crippen LogP contribution is 3.02. The zero-order chi connectivity index (χ0) is 27.5. The van der Waals surface area contributed by atoms with Gasteiger partial charge in [0.15, 0.2) is 0 Å². The summed E-state index contributed by atoms with van der Waals surface area (Å²) in [6, 6.07) is 3.61. The third-order valence-corrected chi connectivity index (χ3v) is 8.01. The van der Waals surface area contributed by atoms with Gasteiger partial charge in [-0.15, -0.1) is 0 Å². The molecule has 1 unspecified atom stereocenters. The van der Waals surface area contributed by atoms with E-state index in [9.17, 15) is 29.0 Å². The number of anilines is 1. The van der Waals surface area contributed by atoms with Crippen LogP contribution in [-0.2, 0) is 10.3 Å². The van der Waals surface area contributed by atoms with Crippen molar-refractivity contribution >= 4 is 32.9 Å². The number of hydrogen-bond acceptors (Lipinski definition) is 5. The number of aryl methyl sites for hydroxylation is 1. The van der Waals surface area contributed by atoms with Gasteiger partial charge in [0, 0.05) is 37.8 Å². The lowest BCUT2D eigenvalue weighted by Gasteiger charge is -2.40. The molecule has 1 N–H and O–H groups in total. The van der Waals surface area contributed by atoms with E-state index in [1.807, 2.05) is 6.92 Å². The van der Waals surface area contributed by atoms with E-state index >= 15 is 0 Å². The molecule has 1 aliphatic rings. The van der Waals surface area contributed by atoms with Gasteiger partial charge in [0.2, 0.25) is 5.91 Å². The molecule has 0 spiro atoms. The Balaban J connectivity index is 1.73. The van der Waals surface area contributed by atoms with Gasteiger partial charge in [0.25, 0.3) is 5.56 Å². The van der Waals surface area contributed by atoms with Crippen LogP contribution in [0.5, 0.6) is 0 Å². The number of hydrogen-bond donors (Lipinski definition) is 1. The van der Waals surface area contributed by atoms with E-state index < -0.39 is 26.7 Å². The molecule has 1 fully saturated rings. The van der Waals surface area contributed by atoms with Crippen LogP contribution in [0.2, 0.25) is 0 Å². The van der Waals surface area contributed by atoms with E-state index in [1.54, 1.807) is 22.6 Å². The van der Waals surface area contributed by atoms with E-state index in [1.165, 1.54) is 26.0 Å². The van der Waals surface area contributed by atoms with Gasteiger partial charge in [-0.1, -0.05) is 31.6 Å². The van der Waals surface area contributed by atoms with Crippen LogP contribution in [0.3, 0.4) is 0 Å². The quantitative estimate of drug-likeness (QED) is 0.382. The van der Waals surface area contributed by atoms with Gasteiger partial charge in [-0.25, -0.2) is 9.97 Å². The Hall–Kier alpha value is -3.22. The van der Waals surface area contributed by atoms with Gasteiger partial charge >= 0.3 is 10.2 Å². The summed E-state index contributed by atoms with van der Waals surface area (Å²) in [5.74, 6) is 0.541. The molecule has 1 aliphatic heterocycles. The second-order valence-electron chi connectivity index (χ2n) is 9.81. The molecular weight excluding hydrogens is 517 g/mol. The van der Waals surface area contributed by atoms with Crippen LogP contribution in [0.1, 0.15) is 51.0 Å². The van der Waals surface area contributed by atoms with E-state index in [0.717, 1.165) is 6.07 Å². The monoisotopic (exact) mass is 545 g/mol. The van der Waals surface area contributed by atoms with Gasteiger partial charge in [-0.05, 0) is 51.3 Å². The van der Waals surface area contributed by atoms with Gasteiger partial charge in [0.05, 0.1) is 16.9 Å². The molecule has 4 rings (SSSR count). The first-order valence-electron chi connectivity index (χ1n) is 11.6. The highest BCUT2D eigenvalue weighted by atomic mass is 32.5. The van der Waals surface area contributed by atoms with Crippen molar-refractivity contribution in [3.63, 3.8) is 0 Å².